The Morgan fingerprint density at radius 3 is 2.19 bits per heavy atom. The van der Waals surface area contributed by atoms with Gasteiger partial charge in [-0.05, 0) is 98.2 Å². The quantitative estimate of drug-likeness (QED) is 0.355. The van der Waals surface area contributed by atoms with E-state index in [1.807, 2.05) is 0 Å². The summed E-state index contributed by atoms with van der Waals surface area (Å²) < 4.78 is 12.2. The number of carbonyl (C=O) groups is 2. The molecule has 6 fully saturated rings. The van der Waals surface area contributed by atoms with Crippen LogP contribution in [-0.2, 0) is 19.1 Å². The van der Waals surface area contributed by atoms with Gasteiger partial charge < -0.3 is 9.47 Å². The van der Waals surface area contributed by atoms with Crippen molar-refractivity contribution in [2.24, 2.45) is 56.2 Å². The van der Waals surface area contributed by atoms with Gasteiger partial charge in [-0.3, -0.25) is 9.59 Å². The maximum absolute atomic E-state index is 13.4. The zero-order valence-electron chi connectivity index (χ0n) is 24.2. The number of rotatable bonds is 1. The number of ether oxygens (including phenoxy) is 2. The molecule has 1 aliphatic heterocycles. The van der Waals surface area contributed by atoms with Gasteiger partial charge in [0.25, 0.3) is 0 Å². The molecule has 0 spiro atoms. The van der Waals surface area contributed by atoms with Gasteiger partial charge in [0.1, 0.15) is 12.2 Å². The summed E-state index contributed by atoms with van der Waals surface area (Å²) in [6, 6.07) is 0. The molecular formula is C32H50O4. The summed E-state index contributed by atoms with van der Waals surface area (Å²) in [5, 5.41) is 0. The molecule has 6 rings (SSSR count). The molecule has 0 unspecified atom stereocenters. The first-order valence-corrected chi connectivity index (χ1v) is 15.0. The van der Waals surface area contributed by atoms with E-state index in [1.165, 1.54) is 32.1 Å². The predicted octanol–water partition coefficient (Wildman–Crippen LogP) is 7.34. The SMILES string of the molecule is CC(=O)O[C@H]1CC[C@@]2(C)[C@H](CC[C@]3(C)[C@H]2CC[C@@H]2[C@@H]4[C@H]5OC(=O)[C@@]4(CCC5(C)C)CC[C@]23C)C1(C)C. The lowest BCUT2D eigenvalue weighted by Crippen LogP contribution is -2.68. The lowest BCUT2D eigenvalue weighted by Gasteiger charge is -2.73. The van der Waals surface area contributed by atoms with E-state index in [-0.39, 0.29) is 56.6 Å². The number of carbonyl (C=O) groups excluding carboxylic acids is 2. The molecule has 0 N–H and O–H groups in total. The smallest absolute Gasteiger partial charge is 0.312 e. The zero-order valence-corrected chi connectivity index (χ0v) is 24.2. The molecule has 36 heavy (non-hydrogen) atoms. The van der Waals surface area contributed by atoms with Crippen LogP contribution in [-0.4, -0.2) is 24.1 Å². The van der Waals surface area contributed by atoms with E-state index in [4.69, 9.17) is 9.47 Å². The molecule has 5 aliphatic carbocycles. The van der Waals surface area contributed by atoms with Crippen LogP contribution in [0.5, 0.6) is 0 Å². The molecule has 0 radical (unpaired) electrons. The standard InChI is InChI=1S/C32H50O4/c1-19(33)35-23-12-13-29(6)21(28(23,4)5)11-14-31(8)22(29)10-9-20-24-25-27(2,3)15-17-32(24,26(34)36-25)18-16-30(20,31)7/h20-25H,9-18H2,1-8H3/t20-,21-,22+,23+,24-,25-,29+,30-,31-,32+/m1/s1. The van der Waals surface area contributed by atoms with Crippen LogP contribution in [0.2, 0.25) is 0 Å². The van der Waals surface area contributed by atoms with E-state index >= 15 is 0 Å². The third-order valence-electron chi connectivity index (χ3n) is 14.3. The van der Waals surface area contributed by atoms with Gasteiger partial charge in [0.15, 0.2) is 0 Å². The fraction of sp³-hybridized carbons (Fsp3) is 0.938. The maximum Gasteiger partial charge on any atom is 0.312 e. The summed E-state index contributed by atoms with van der Waals surface area (Å²) in [7, 11) is 0. The van der Waals surface area contributed by atoms with Crippen LogP contribution in [0.1, 0.15) is 120 Å². The molecule has 202 valence electrons. The van der Waals surface area contributed by atoms with Crippen LogP contribution in [0.25, 0.3) is 0 Å². The molecule has 4 nitrogen and oxygen atoms in total. The van der Waals surface area contributed by atoms with Crippen LogP contribution in [0.3, 0.4) is 0 Å². The minimum absolute atomic E-state index is 0.00113. The van der Waals surface area contributed by atoms with Crippen LogP contribution in [0.4, 0.5) is 0 Å². The minimum atomic E-state index is -0.210. The Balaban J connectivity index is 1.36. The zero-order chi connectivity index (χ0) is 26.1. The van der Waals surface area contributed by atoms with Gasteiger partial charge in [0.2, 0.25) is 0 Å². The van der Waals surface area contributed by atoms with Crippen molar-refractivity contribution in [2.75, 3.05) is 0 Å². The molecular weight excluding hydrogens is 448 g/mol. The lowest BCUT2D eigenvalue weighted by atomic mass is 9.31. The van der Waals surface area contributed by atoms with E-state index in [0.29, 0.717) is 23.7 Å². The number of hydrogen-bond donors (Lipinski definition) is 0. The van der Waals surface area contributed by atoms with Gasteiger partial charge in [-0.25, -0.2) is 0 Å². The fourth-order valence-electron chi connectivity index (χ4n) is 12.2. The van der Waals surface area contributed by atoms with Gasteiger partial charge in [-0.1, -0.05) is 48.5 Å². The van der Waals surface area contributed by atoms with Crippen molar-refractivity contribution in [3.63, 3.8) is 0 Å². The number of fused-ring (bicyclic) bond motifs is 5. The van der Waals surface area contributed by atoms with Crippen molar-refractivity contribution >= 4 is 11.9 Å². The van der Waals surface area contributed by atoms with Gasteiger partial charge in [-0.15, -0.1) is 0 Å². The summed E-state index contributed by atoms with van der Waals surface area (Å²) in [5.41, 5.74) is 0.665. The average molecular weight is 499 g/mol. The third-order valence-corrected chi connectivity index (χ3v) is 14.3. The molecule has 1 heterocycles. The van der Waals surface area contributed by atoms with Gasteiger partial charge >= 0.3 is 11.9 Å². The Labute approximate surface area is 219 Å². The molecule has 4 heteroatoms. The van der Waals surface area contributed by atoms with Crippen molar-refractivity contribution < 1.29 is 19.1 Å². The molecule has 6 aliphatic rings. The first kappa shape index (κ1) is 25.2. The summed E-state index contributed by atoms with van der Waals surface area (Å²) in [6.07, 6.45) is 11.6. The van der Waals surface area contributed by atoms with E-state index in [0.717, 1.165) is 32.1 Å². The Kier molecular flexibility index (Phi) is 5.13. The van der Waals surface area contributed by atoms with E-state index in [1.54, 1.807) is 6.92 Å². The third kappa shape index (κ3) is 2.83. The van der Waals surface area contributed by atoms with Crippen molar-refractivity contribution in [3.05, 3.63) is 0 Å². The first-order chi connectivity index (χ1) is 16.6. The van der Waals surface area contributed by atoms with Crippen molar-refractivity contribution in [1.29, 1.82) is 0 Å². The molecule has 0 amide bonds. The Bertz CT molecular complexity index is 983. The van der Waals surface area contributed by atoms with E-state index < -0.39 is 0 Å². The molecule has 0 aromatic rings. The van der Waals surface area contributed by atoms with Crippen LogP contribution < -0.4 is 0 Å². The van der Waals surface area contributed by atoms with Crippen LogP contribution in [0, 0.1) is 56.2 Å². The highest BCUT2D eigenvalue weighted by Crippen LogP contribution is 2.78. The lowest BCUT2D eigenvalue weighted by molar-refractivity contribution is -0.254. The monoisotopic (exact) mass is 498 g/mol. The number of hydrogen-bond acceptors (Lipinski definition) is 4. The predicted molar refractivity (Wildman–Crippen MR) is 140 cm³/mol. The Hall–Kier alpha value is -1.06. The molecule has 1 saturated heterocycles. The maximum atomic E-state index is 13.4. The van der Waals surface area contributed by atoms with Gasteiger partial charge in [0, 0.05) is 23.7 Å². The van der Waals surface area contributed by atoms with Crippen molar-refractivity contribution in [1.82, 2.24) is 0 Å². The van der Waals surface area contributed by atoms with Crippen molar-refractivity contribution in [3.8, 4) is 0 Å². The minimum Gasteiger partial charge on any atom is -0.462 e. The Morgan fingerprint density at radius 2 is 1.50 bits per heavy atom. The average Bonchev–Trinajstić information content (AvgIpc) is 3.03. The second-order valence-electron chi connectivity index (χ2n) is 16.1. The second-order valence-corrected chi connectivity index (χ2v) is 16.1. The van der Waals surface area contributed by atoms with Crippen LogP contribution >= 0.6 is 0 Å². The largest absolute Gasteiger partial charge is 0.462 e. The summed E-state index contributed by atoms with van der Waals surface area (Å²) in [6.45, 7) is 18.9. The normalized spacial score (nSPS) is 54.3. The summed E-state index contributed by atoms with van der Waals surface area (Å²) in [5.74, 6) is 2.23. The second kappa shape index (κ2) is 7.32. The summed E-state index contributed by atoms with van der Waals surface area (Å²) in [4.78, 5) is 25.3. The van der Waals surface area contributed by atoms with Gasteiger partial charge in [-0.2, -0.15) is 0 Å². The van der Waals surface area contributed by atoms with Crippen LogP contribution in [0.15, 0.2) is 0 Å². The fourth-order valence-corrected chi connectivity index (χ4v) is 12.2. The molecule has 5 saturated carbocycles. The Morgan fingerprint density at radius 1 is 0.806 bits per heavy atom. The molecule has 10 atom stereocenters. The highest BCUT2D eigenvalue weighted by atomic mass is 16.6. The molecule has 0 aromatic carbocycles. The topological polar surface area (TPSA) is 52.6 Å². The summed E-state index contributed by atoms with van der Waals surface area (Å²) >= 11 is 0. The van der Waals surface area contributed by atoms with Crippen molar-refractivity contribution in [2.45, 2.75) is 132 Å². The number of esters is 2. The van der Waals surface area contributed by atoms with Gasteiger partial charge in [0.05, 0.1) is 5.41 Å². The molecule has 0 aromatic heterocycles. The highest BCUT2D eigenvalue weighted by molar-refractivity contribution is 5.81. The first-order valence-electron chi connectivity index (χ1n) is 15.0. The van der Waals surface area contributed by atoms with E-state index in [2.05, 4.69) is 48.5 Å². The molecule has 2 bridgehead atoms. The highest BCUT2D eigenvalue weighted by Gasteiger charge is 2.75. The van der Waals surface area contributed by atoms with E-state index in [9.17, 15) is 9.59 Å².